The molecule has 5 nitrogen and oxygen atoms in total. The minimum absolute atomic E-state index is 0.265. The number of carbonyl (C=O) groups is 1. The lowest BCUT2D eigenvalue weighted by Gasteiger charge is -2.28. The summed E-state index contributed by atoms with van der Waals surface area (Å²) in [6.07, 6.45) is 3.12. The van der Waals surface area contributed by atoms with Crippen LogP contribution < -0.4 is 10.1 Å². The Labute approximate surface area is 153 Å². The highest BCUT2D eigenvalue weighted by molar-refractivity contribution is 5.89. The molecule has 0 amide bonds. The minimum Gasteiger partial charge on any atom is -0.496 e. The van der Waals surface area contributed by atoms with E-state index < -0.39 is 5.60 Å². The summed E-state index contributed by atoms with van der Waals surface area (Å²) in [5.41, 5.74) is 1.57. The summed E-state index contributed by atoms with van der Waals surface area (Å²) in [6, 6.07) is 9.96. The van der Waals surface area contributed by atoms with E-state index in [1.807, 2.05) is 18.2 Å². The van der Waals surface area contributed by atoms with Gasteiger partial charge in [0.25, 0.3) is 0 Å². The van der Waals surface area contributed by atoms with Crippen molar-refractivity contribution in [2.75, 3.05) is 27.9 Å². The molecule has 1 saturated heterocycles. The van der Waals surface area contributed by atoms with Crippen molar-refractivity contribution in [1.82, 2.24) is 5.32 Å². The number of esters is 1. The standard InChI is InChI=1S/C21H25NO4/c1-5-6-16-17-11-15(9-7-14(17)8-10-19(16)24-2)21(26-4)12-18(22-13-21)20(23)25-3/h5,7-11,18,22H,1,6,12-13H2,2-4H3/t18-,21?/m0/s1. The van der Waals surface area contributed by atoms with Crippen LogP contribution in [0.25, 0.3) is 10.8 Å². The first kappa shape index (κ1) is 18.4. The number of fused-ring (bicyclic) bond motifs is 1. The summed E-state index contributed by atoms with van der Waals surface area (Å²) < 4.78 is 16.3. The zero-order valence-electron chi connectivity index (χ0n) is 15.5. The van der Waals surface area contributed by atoms with Crippen LogP contribution in [0, 0.1) is 0 Å². The average molecular weight is 355 g/mol. The van der Waals surface area contributed by atoms with E-state index in [-0.39, 0.29) is 12.0 Å². The van der Waals surface area contributed by atoms with Crippen molar-refractivity contribution in [3.8, 4) is 5.75 Å². The van der Waals surface area contributed by atoms with Crippen LogP contribution >= 0.6 is 0 Å². The number of allylic oxidation sites excluding steroid dienone is 1. The van der Waals surface area contributed by atoms with Gasteiger partial charge in [0.15, 0.2) is 0 Å². The summed E-state index contributed by atoms with van der Waals surface area (Å²) in [6.45, 7) is 4.42. The van der Waals surface area contributed by atoms with E-state index in [2.05, 4.69) is 30.1 Å². The second kappa shape index (κ2) is 7.48. The van der Waals surface area contributed by atoms with Crippen molar-refractivity contribution in [2.45, 2.75) is 24.5 Å². The Morgan fingerprint density at radius 3 is 2.73 bits per heavy atom. The van der Waals surface area contributed by atoms with Gasteiger partial charge < -0.3 is 19.5 Å². The molecule has 1 unspecified atom stereocenters. The predicted molar refractivity (Wildman–Crippen MR) is 102 cm³/mol. The zero-order chi connectivity index (χ0) is 18.7. The van der Waals surface area contributed by atoms with Crippen molar-refractivity contribution < 1.29 is 19.0 Å². The van der Waals surface area contributed by atoms with Gasteiger partial charge in [-0.3, -0.25) is 4.79 Å². The van der Waals surface area contributed by atoms with Gasteiger partial charge in [-0.1, -0.05) is 24.3 Å². The number of rotatable bonds is 6. The molecule has 1 N–H and O–H groups in total. The first-order chi connectivity index (χ1) is 12.6. The van der Waals surface area contributed by atoms with Crippen LogP contribution in [0.3, 0.4) is 0 Å². The number of ether oxygens (including phenoxy) is 3. The van der Waals surface area contributed by atoms with Gasteiger partial charge in [0.2, 0.25) is 0 Å². The Balaban J connectivity index is 2.08. The molecule has 0 bridgehead atoms. The molecule has 1 fully saturated rings. The van der Waals surface area contributed by atoms with Crippen molar-refractivity contribution in [3.63, 3.8) is 0 Å². The number of hydrogen-bond acceptors (Lipinski definition) is 5. The van der Waals surface area contributed by atoms with Gasteiger partial charge in [-0.25, -0.2) is 0 Å². The quantitative estimate of drug-likeness (QED) is 0.638. The van der Waals surface area contributed by atoms with Gasteiger partial charge in [0.1, 0.15) is 17.4 Å². The van der Waals surface area contributed by atoms with E-state index in [4.69, 9.17) is 14.2 Å². The number of carbonyl (C=O) groups excluding carboxylic acids is 1. The highest BCUT2D eigenvalue weighted by atomic mass is 16.5. The smallest absolute Gasteiger partial charge is 0.322 e. The summed E-state index contributed by atoms with van der Waals surface area (Å²) in [5, 5.41) is 5.46. The number of nitrogens with one attached hydrogen (secondary N) is 1. The van der Waals surface area contributed by atoms with E-state index >= 15 is 0 Å². The Morgan fingerprint density at radius 2 is 2.08 bits per heavy atom. The molecule has 0 aliphatic carbocycles. The summed E-state index contributed by atoms with van der Waals surface area (Å²) in [4.78, 5) is 11.9. The molecule has 0 spiro atoms. The molecular formula is C21H25NO4. The molecule has 3 rings (SSSR count). The molecule has 138 valence electrons. The van der Waals surface area contributed by atoms with Crippen LogP contribution in [0.1, 0.15) is 17.5 Å². The van der Waals surface area contributed by atoms with E-state index in [0.717, 1.165) is 27.6 Å². The highest BCUT2D eigenvalue weighted by Crippen LogP contribution is 2.38. The molecule has 2 aromatic carbocycles. The highest BCUT2D eigenvalue weighted by Gasteiger charge is 2.44. The Kier molecular flexibility index (Phi) is 5.30. The van der Waals surface area contributed by atoms with Gasteiger partial charge >= 0.3 is 5.97 Å². The SMILES string of the molecule is C=CCc1c(OC)ccc2ccc(C3(OC)CN[C@H](C(=O)OC)C3)cc12. The second-order valence-electron chi connectivity index (χ2n) is 6.53. The lowest BCUT2D eigenvalue weighted by Crippen LogP contribution is -2.31. The van der Waals surface area contributed by atoms with Crippen molar-refractivity contribution in [2.24, 2.45) is 0 Å². The first-order valence-corrected chi connectivity index (χ1v) is 8.66. The van der Waals surface area contributed by atoms with E-state index in [0.29, 0.717) is 19.4 Å². The summed E-state index contributed by atoms with van der Waals surface area (Å²) in [7, 11) is 4.76. The molecule has 2 aromatic rings. The lowest BCUT2D eigenvalue weighted by atomic mass is 9.88. The van der Waals surface area contributed by atoms with Crippen LogP contribution in [0.5, 0.6) is 5.75 Å². The molecule has 26 heavy (non-hydrogen) atoms. The zero-order valence-corrected chi connectivity index (χ0v) is 15.5. The molecule has 0 radical (unpaired) electrons. The fourth-order valence-corrected chi connectivity index (χ4v) is 3.76. The Bertz CT molecular complexity index is 832. The third-order valence-electron chi connectivity index (χ3n) is 5.23. The van der Waals surface area contributed by atoms with Gasteiger partial charge in [0, 0.05) is 25.6 Å². The molecular weight excluding hydrogens is 330 g/mol. The van der Waals surface area contributed by atoms with Gasteiger partial charge in [-0.15, -0.1) is 6.58 Å². The van der Waals surface area contributed by atoms with Crippen LogP contribution in [0.15, 0.2) is 43.0 Å². The Morgan fingerprint density at radius 1 is 1.31 bits per heavy atom. The lowest BCUT2D eigenvalue weighted by molar-refractivity contribution is -0.143. The normalized spacial score (nSPS) is 22.3. The van der Waals surface area contributed by atoms with Crippen LogP contribution in [0.2, 0.25) is 0 Å². The van der Waals surface area contributed by atoms with E-state index in [1.165, 1.54) is 7.11 Å². The number of methoxy groups -OCH3 is 3. The second-order valence-corrected chi connectivity index (χ2v) is 6.53. The summed E-state index contributed by atoms with van der Waals surface area (Å²) in [5.74, 6) is 0.580. The summed E-state index contributed by atoms with van der Waals surface area (Å²) >= 11 is 0. The monoisotopic (exact) mass is 355 g/mol. The van der Waals surface area contributed by atoms with E-state index in [1.54, 1.807) is 14.2 Å². The minimum atomic E-state index is -0.568. The maximum Gasteiger partial charge on any atom is 0.322 e. The molecule has 1 aliphatic heterocycles. The molecule has 1 aliphatic rings. The molecule has 0 aromatic heterocycles. The third kappa shape index (κ3) is 3.08. The van der Waals surface area contributed by atoms with Crippen molar-refractivity contribution in [3.05, 3.63) is 54.1 Å². The average Bonchev–Trinajstić information content (AvgIpc) is 3.13. The van der Waals surface area contributed by atoms with Crippen LogP contribution in [0.4, 0.5) is 0 Å². The number of hydrogen-bond donors (Lipinski definition) is 1. The largest absolute Gasteiger partial charge is 0.496 e. The molecule has 2 atom stereocenters. The van der Waals surface area contributed by atoms with Gasteiger partial charge in [-0.2, -0.15) is 0 Å². The van der Waals surface area contributed by atoms with Crippen molar-refractivity contribution >= 4 is 16.7 Å². The Hall–Kier alpha value is -2.37. The molecule has 5 heteroatoms. The maximum atomic E-state index is 11.9. The van der Waals surface area contributed by atoms with Gasteiger partial charge in [-0.05, 0) is 34.9 Å². The number of benzene rings is 2. The van der Waals surface area contributed by atoms with Crippen LogP contribution in [-0.4, -0.2) is 39.9 Å². The van der Waals surface area contributed by atoms with Gasteiger partial charge in [0.05, 0.1) is 14.2 Å². The first-order valence-electron chi connectivity index (χ1n) is 8.66. The third-order valence-corrected chi connectivity index (χ3v) is 5.23. The fraction of sp³-hybridized carbons (Fsp3) is 0.381. The fourth-order valence-electron chi connectivity index (χ4n) is 3.76. The van der Waals surface area contributed by atoms with Crippen molar-refractivity contribution in [1.29, 1.82) is 0 Å². The topological polar surface area (TPSA) is 56.8 Å². The maximum absolute atomic E-state index is 11.9. The molecule has 1 heterocycles. The van der Waals surface area contributed by atoms with Crippen LogP contribution in [-0.2, 0) is 26.3 Å². The van der Waals surface area contributed by atoms with E-state index in [9.17, 15) is 4.79 Å². The molecule has 0 saturated carbocycles. The predicted octanol–water partition coefficient (Wildman–Crippen LogP) is 2.95.